The summed E-state index contributed by atoms with van der Waals surface area (Å²) in [6, 6.07) is -0.125. The van der Waals surface area contributed by atoms with E-state index in [1.54, 1.807) is 4.90 Å². The van der Waals surface area contributed by atoms with E-state index in [2.05, 4.69) is 0 Å². The van der Waals surface area contributed by atoms with Crippen molar-refractivity contribution in [3.8, 4) is 0 Å². The van der Waals surface area contributed by atoms with Crippen molar-refractivity contribution in [1.82, 2.24) is 9.21 Å². The summed E-state index contributed by atoms with van der Waals surface area (Å²) in [7, 11) is -3.21. The Morgan fingerprint density at radius 2 is 2.00 bits per heavy atom. The highest BCUT2D eigenvalue weighted by Crippen LogP contribution is 2.44. The lowest BCUT2D eigenvalue weighted by atomic mass is 10.1. The predicted octanol–water partition coefficient (Wildman–Crippen LogP) is -0.0192. The number of hydrogen-bond donors (Lipinski definition) is 0. The van der Waals surface area contributed by atoms with E-state index in [1.165, 1.54) is 10.6 Å². The Hall–Kier alpha value is -0.690. The van der Waals surface area contributed by atoms with Crippen LogP contribution in [-0.4, -0.2) is 61.1 Å². The number of alkyl halides is 1. The number of likely N-dealkylation sites (tertiary alicyclic amines) is 1. The Morgan fingerprint density at radius 3 is 2.56 bits per heavy atom. The summed E-state index contributed by atoms with van der Waals surface area (Å²) in [5, 5.41) is 0. The van der Waals surface area contributed by atoms with Gasteiger partial charge in [-0.25, -0.2) is 12.8 Å². The topological polar surface area (TPSA) is 57.7 Å². The number of carbonyl (C=O) groups excluding carboxylic acids is 1. The van der Waals surface area contributed by atoms with Crippen LogP contribution in [0.25, 0.3) is 0 Å². The average molecular weight is 276 g/mol. The molecule has 2 saturated heterocycles. The molecule has 5 nitrogen and oxygen atoms in total. The minimum atomic E-state index is -3.21. The van der Waals surface area contributed by atoms with E-state index in [4.69, 9.17) is 0 Å². The number of amides is 1. The number of rotatable bonds is 2. The number of sulfonamides is 1. The lowest BCUT2D eigenvalue weighted by molar-refractivity contribution is -0.139. The minimum absolute atomic E-state index is 0.125. The van der Waals surface area contributed by atoms with Crippen LogP contribution in [0.3, 0.4) is 0 Å². The van der Waals surface area contributed by atoms with E-state index in [0.717, 1.165) is 6.42 Å². The first-order chi connectivity index (χ1) is 8.31. The molecule has 3 fully saturated rings. The largest absolute Gasteiger partial charge is 0.335 e. The molecule has 1 saturated carbocycles. The molecule has 0 spiro atoms. The zero-order valence-corrected chi connectivity index (χ0v) is 11.1. The van der Waals surface area contributed by atoms with Crippen LogP contribution in [0.2, 0.25) is 0 Å². The van der Waals surface area contributed by atoms with Crippen molar-refractivity contribution in [3.05, 3.63) is 0 Å². The number of carbonyl (C=O) groups is 1. The molecule has 0 aromatic carbocycles. The van der Waals surface area contributed by atoms with Gasteiger partial charge in [-0.05, 0) is 25.2 Å². The van der Waals surface area contributed by atoms with E-state index in [0.29, 0.717) is 32.5 Å². The fourth-order valence-electron chi connectivity index (χ4n) is 3.03. The van der Waals surface area contributed by atoms with Gasteiger partial charge in [0.2, 0.25) is 10.0 Å². The summed E-state index contributed by atoms with van der Waals surface area (Å²) >= 11 is 0. The zero-order chi connectivity index (χ0) is 13.1. The fourth-order valence-corrected chi connectivity index (χ4v) is 3.91. The molecule has 0 bridgehead atoms. The molecule has 0 radical (unpaired) electrons. The molecule has 102 valence electrons. The molecule has 18 heavy (non-hydrogen) atoms. The number of halogens is 1. The summed E-state index contributed by atoms with van der Waals surface area (Å²) in [6.07, 6.45) is 2.58. The van der Waals surface area contributed by atoms with Crippen molar-refractivity contribution in [2.24, 2.45) is 5.92 Å². The molecule has 0 aromatic heterocycles. The maximum Gasteiger partial charge on any atom is 0.260 e. The maximum atomic E-state index is 13.8. The van der Waals surface area contributed by atoms with Crippen LogP contribution in [0.1, 0.15) is 19.3 Å². The van der Waals surface area contributed by atoms with Gasteiger partial charge in [-0.15, -0.1) is 0 Å². The van der Waals surface area contributed by atoms with Gasteiger partial charge in [0.05, 0.1) is 6.26 Å². The molecule has 3 aliphatic rings. The molecule has 0 unspecified atom stereocenters. The molecule has 2 atom stereocenters. The number of fused-ring (bicyclic) bond motifs is 1. The van der Waals surface area contributed by atoms with Gasteiger partial charge < -0.3 is 4.90 Å². The quantitative estimate of drug-likeness (QED) is 0.712. The van der Waals surface area contributed by atoms with Gasteiger partial charge in [0.15, 0.2) is 5.67 Å². The van der Waals surface area contributed by atoms with E-state index in [9.17, 15) is 17.6 Å². The summed E-state index contributed by atoms with van der Waals surface area (Å²) in [5.41, 5.74) is -1.65. The second-order valence-corrected chi connectivity index (χ2v) is 7.64. The normalized spacial score (nSPS) is 34.7. The molecule has 2 heterocycles. The van der Waals surface area contributed by atoms with Crippen LogP contribution in [-0.2, 0) is 14.8 Å². The van der Waals surface area contributed by atoms with E-state index in [-0.39, 0.29) is 12.0 Å². The number of hydrogen-bond acceptors (Lipinski definition) is 3. The standard InChI is InChI=1S/C11H17FN2O3S/c1-18(16,17)13-6-8-2-5-14(9(8)7-13)10(15)11(12)3-4-11/h8-9H,2-7H2,1H3/t8-,9+/m0/s1. The van der Waals surface area contributed by atoms with Crippen LogP contribution in [0.15, 0.2) is 0 Å². The Kier molecular flexibility index (Phi) is 2.51. The minimum Gasteiger partial charge on any atom is -0.335 e. The zero-order valence-electron chi connectivity index (χ0n) is 10.3. The van der Waals surface area contributed by atoms with E-state index in [1.807, 2.05) is 0 Å². The molecule has 7 heteroatoms. The Labute approximate surface area is 106 Å². The Morgan fingerprint density at radius 1 is 1.33 bits per heavy atom. The van der Waals surface area contributed by atoms with Crippen molar-refractivity contribution in [3.63, 3.8) is 0 Å². The molecular formula is C11H17FN2O3S. The average Bonchev–Trinajstić information content (AvgIpc) is 2.75. The summed E-state index contributed by atoms with van der Waals surface area (Å²) in [5.74, 6) is -0.253. The molecule has 2 aliphatic heterocycles. The highest BCUT2D eigenvalue weighted by molar-refractivity contribution is 7.88. The van der Waals surface area contributed by atoms with Crippen molar-refractivity contribution in [2.75, 3.05) is 25.9 Å². The third kappa shape index (κ3) is 1.84. The van der Waals surface area contributed by atoms with Gasteiger partial charge in [0, 0.05) is 25.7 Å². The third-order valence-electron chi connectivity index (χ3n) is 4.32. The third-order valence-corrected chi connectivity index (χ3v) is 5.55. The van der Waals surface area contributed by atoms with Crippen LogP contribution in [0.5, 0.6) is 0 Å². The summed E-state index contributed by atoms with van der Waals surface area (Å²) in [6.45, 7) is 1.36. The van der Waals surface area contributed by atoms with E-state index >= 15 is 0 Å². The molecule has 3 rings (SSSR count). The Balaban J connectivity index is 1.75. The first-order valence-electron chi connectivity index (χ1n) is 6.26. The van der Waals surface area contributed by atoms with Crippen LogP contribution < -0.4 is 0 Å². The summed E-state index contributed by atoms with van der Waals surface area (Å²) in [4.78, 5) is 13.6. The monoisotopic (exact) mass is 276 g/mol. The van der Waals surface area contributed by atoms with E-state index < -0.39 is 21.6 Å². The highest BCUT2D eigenvalue weighted by Gasteiger charge is 2.56. The van der Waals surface area contributed by atoms with Crippen molar-refractivity contribution < 1.29 is 17.6 Å². The molecule has 1 amide bonds. The molecule has 1 aliphatic carbocycles. The smallest absolute Gasteiger partial charge is 0.260 e. The fraction of sp³-hybridized carbons (Fsp3) is 0.909. The predicted molar refractivity (Wildman–Crippen MR) is 63.1 cm³/mol. The number of nitrogens with zero attached hydrogens (tertiary/aromatic N) is 2. The van der Waals surface area contributed by atoms with Crippen molar-refractivity contribution in [2.45, 2.75) is 31.0 Å². The first kappa shape index (κ1) is 12.3. The van der Waals surface area contributed by atoms with Gasteiger partial charge in [-0.2, -0.15) is 4.31 Å². The Bertz CT molecular complexity index is 489. The molecule has 0 aromatic rings. The lowest BCUT2D eigenvalue weighted by Crippen LogP contribution is -2.44. The maximum absolute atomic E-state index is 13.8. The van der Waals surface area contributed by atoms with Gasteiger partial charge in [0.1, 0.15) is 0 Å². The second kappa shape index (κ2) is 3.66. The van der Waals surface area contributed by atoms with Gasteiger partial charge in [0.25, 0.3) is 5.91 Å². The lowest BCUT2D eigenvalue weighted by Gasteiger charge is -2.25. The van der Waals surface area contributed by atoms with Gasteiger partial charge in [-0.3, -0.25) is 4.79 Å². The van der Waals surface area contributed by atoms with Crippen LogP contribution in [0.4, 0.5) is 4.39 Å². The molecular weight excluding hydrogens is 259 g/mol. The SMILES string of the molecule is CS(=O)(=O)N1C[C@@H]2CCN(C(=O)C3(F)CC3)[C@@H]2C1. The second-order valence-electron chi connectivity index (χ2n) is 5.66. The van der Waals surface area contributed by atoms with Gasteiger partial charge in [-0.1, -0.05) is 0 Å². The molecule has 0 N–H and O–H groups in total. The van der Waals surface area contributed by atoms with Crippen molar-refractivity contribution in [1.29, 1.82) is 0 Å². The highest BCUT2D eigenvalue weighted by atomic mass is 32.2. The first-order valence-corrected chi connectivity index (χ1v) is 8.11. The van der Waals surface area contributed by atoms with Crippen molar-refractivity contribution >= 4 is 15.9 Å². The summed E-state index contributed by atoms with van der Waals surface area (Å²) < 4.78 is 38.2. The van der Waals surface area contributed by atoms with Gasteiger partial charge >= 0.3 is 0 Å². The van der Waals surface area contributed by atoms with Crippen LogP contribution >= 0.6 is 0 Å². The van der Waals surface area contributed by atoms with Crippen LogP contribution in [0, 0.1) is 5.92 Å².